The van der Waals surface area contributed by atoms with Crippen LogP contribution in [0.2, 0.25) is 0 Å². The van der Waals surface area contributed by atoms with Crippen LogP contribution in [0.5, 0.6) is 0 Å². The Morgan fingerprint density at radius 1 is 1.24 bits per heavy atom. The smallest absolute Gasteiger partial charge is 0.0813 e. The largest absolute Gasteiger partial charge is 0.374 e. The Kier molecular flexibility index (Phi) is 4.19. The third-order valence-electron chi connectivity index (χ3n) is 3.01. The van der Waals surface area contributed by atoms with Gasteiger partial charge in [-0.15, -0.1) is 11.3 Å². The van der Waals surface area contributed by atoms with Crippen molar-refractivity contribution in [2.24, 2.45) is 0 Å². The molecule has 0 fully saturated rings. The van der Waals surface area contributed by atoms with Gasteiger partial charge in [-0.05, 0) is 31.7 Å². The number of hydrogen-bond donors (Lipinski definition) is 0. The second kappa shape index (κ2) is 5.65. The van der Waals surface area contributed by atoms with E-state index in [1.165, 1.54) is 26.9 Å². The third kappa shape index (κ3) is 2.53. The van der Waals surface area contributed by atoms with Crippen LogP contribution in [0.15, 0.2) is 24.3 Å². The zero-order valence-electron chi connectivity index (χ0n) is 10.8. The lowest BCUT2D eigenvalue weighted by atomic mass is 10.0. The number of thiophene rings is 1. The zero-order valence-corrected chi connectivity index (χ0v) is 11.6. The lowest BCUT2D eigenvalue weighted by molar-refractivity contribution is 0.0771. The highest BCUT2D eigenvalue weighted by atomic mass is 32.1. The molecular weight excluding hydrogens is 228 g/mol. The molecule has 1 nitrogen and oxygen atoms in total. The summed E-state index contributed by atoms with van der Waals surface area (Å²) in [5.41, 5.74) is 1.41. The fourth-order valence-corrected chi connectivity index (χ4v) is 3.70. The van der Waals surface area contributed by atoms with E-state index in [1.54, 1.807) is 0 Å². The first-order valence-electron chi connectivity index (χ1n) is 6.39. The molecule has 0 spiro atoms. The van der Waals surface area contributed by atoms with Crippen molar-refractivity contribution >= 4 is 21.4 Å². The molecule has 0 saturated carbocycles. The molecule has 1 unspecified atom stereocenters. The summed E-state index contributed by atoms with van der Waals surface area (Å²) in [5, 5.41) is 1.38. The van der Waals surface area contributed by atoms with E-state index >= 15 is 0 Å². The van der Waals surface area contributed by atoms with E-state index in [4.69, 9.17) is 4.74 Å². The Labute approximate surface area is 107 Å². The Hall–Kier alpha value is -0.860. The molecule has 0 bridgehead atoms. The van der Waals surface area contributed by atoms with Crippen molar-refractivity contribution in [1.82, 2.24) is 0 Å². The van der Waals surface area contributed by atoms with Gasteiger partial charge in [0.05, 0.1) is 6.10 Å². The first kappa shape index (κ1) is 12.6. The predicted molar refractivity (Wildman–Crippen MR) is 75.9 cm³/mol. The second-order valence-corrected chi connectivity index (χ2v) is 5.42. The van der Waals surface area contributed by atoms with Crippen molar-refractivity contribution in [1.29, 1.82) is 0 Å². The van der Waals surface area contributed by atoms with E-state index in [0.29, 0.717) is 0 Å². The summed E-state index contributed by atoms with van der Waals surface area (Å²) in [6, 6.07) is 8.66. The van der Waals surface area contributed by atoms with Gasteiger partial charge in [0.25, 0.3) is 0 Å². The Morgan fingerprint density at radius 3 is 2.71 bits per heavy atom. The number of ether oxygens (including phenoxy) is 1. The van der Waals surface area contributed by atoms with Crippen molar-refractivity contribution in [3.63, 3.8) is 0 Å². The second-order valence-electron chi connectivity index (χ2n) is 4.28. The van der Waals surface area contributed by atoms with Crippen molar-refractivity contribution in [2.45, 2.75) is 39.7 Å². The highest BCUT2D eigenvalue weighted by molar-refractivity contribution is 7.19. The van der Waals surface area contributed by atoms with Gasteiger partial charge in [-0.3, -0.25) is 0 Å². The lowest BCUT2D eigenvalue weighted by Gasteiger charge is -2.13. The molecule has 1 heterocycles. The van der Waals surface area contributed by atoms with E-state index < -0.39 is 0 Å². The number of rotatable bonds is 5. The molecule has 0 N–H and O–H groups in total. The van der Waals surface area contributed by atoms with Crippen LogP contribution in [0.25, 0.3) is 10.1 Å². The Morgan fingerprint density at radius 2 is 2.00 bits per heavy atom. The Bertz CT molecular complexity index is 487. The molecule has 17 heavy (non-hydrogen) atoms. The van der Waals surface area contributed by atoms with Crippen LogP contribution in [-0.2, 0) is 11.2 Å². The molecule has 1 aromatic carbocycles. The molecule has 2 aromatic rings. The van der Waals surface area contributed by atoms with Gasteiger partial charge in [-0.2, -0.15) is 0 Å². The van der Waals surface area contributed by atoms with Gasteiger partial charge in [0, 0.05) is 21.7 Å². The maximum Gasteiger partial charge on any atom is 0.0813 e. The van der Waals surface area contributed by atoms with Crippen LogP contribution in [0.3, 0.4) is 0 Å². The molecule has 2 heteroatoms. The fraction of sp³-hybridized carbons (Fsp3) is 0.467. The van der Waals surface area contributed by atoms with Crippen molar-refractivity contribution in [3.05, 3.63) is 34.7 Å². The zero-order chi connectivity index (χ0) is 12.3. The average Bonchev–Trinajstić information content (AvgIpc) is 2.67. The minimum Gasteiger partial charge on any atom is -0.374 e. The molecule has 0 amide bonds. The average molecular weight is 248 g/mol. The minimum atomic E-state index is 0.206. The van der Waals surface area contributed by atoms with Gasteiger partial charge in [0.15, 0.2) is 0 Å². The summed E-state index contributed by atoms with van der Waals surface area (Å²) >= 11 is 1.92. The summed E-state index contributed by atoms with van der Waals surface area (Å²) in [7, 11) is 0. The van der Waals surface area contributed by atoms with Gasteiger partial charge in [-0.1, -0.05) is 31.5 Å². The third-order valence-corrected chi connectivity index (χ3v) is 4.26. The summed E-state index contributed by atoms with van der Waals surface area (Å²) in [4.78, 5) is 1.50. The molecule has 0 saturated heterocycles. The monoisotopic (exact) mass is 248 g/mol. The van der Waals surface area contributed by atoms with Crippen molar-refractivity contribution in [3.8, 4) is 0 Å². The van der Waals surface area contributed by atoms with E-state index in [1.807, 2.05) is 11.3 Å². The van der Waals surface area contributed by atoms with Crippen LogP contribution in [0.1, 0.15) is 43.7 Å². The molecular formula is C15H20OS. The first-order valence-corrected chi connectivity index (χ1v) is 7.21. The SMILES string of the molecule is CCCc1sc2ccccc2c1C(C)OCC. The normalized spacial score (nSPS) is 13.1. The summed E-state index contributed by atoms with van der Waals surface area (Å²) in [6.07, 6.45) is 2.56. The maximum absolute atomic E-state index is 5.79. The molecule has 1 atom stereocenters. The Balaban J connectivity index is 2.51. The minimum absolute atomic E-state index is 0.206. The first-order chi connectivity index (χ1) is 8.27. The summed E-state index contributed by atoms with van der Waals surface area (Å²) in [6.45, 7) is 7.23. The molecule has 92 valence electrons. The highest BCUT2D eigenvalue weighted by Gasteiger charge is 2.16. The molecule has 0 aliphatic heterocycles. The van der Waals surface area contributed by atoms with Gasteiger partial charge >= 0.3 is 0 Å². The number of aryl methyl sites for hydroxylation is 1. The van der Waals surface area contributed by atoms with E-state index in [2.05, 4.69) is 45.0 Å². The van der Waals surface area contributed by atoms with Crippen LogP contribution < -0.4 is 0 Å². The fourth-order valence-electron chi connectivity index (χ4n) is 2.31. The van der Waals surface area contributed by atoms with Gasteiger partial charge in [0.2, 0.25) is 0 Å². The van der Waals surface area contributed by atoms with Gasteiger partial charge < -0.3 is 4.74 Å². The highest BCUT2D eigenvalue weighted by Crippen LogP contribution is 2.37. The van der Waals surface area contributed by atoms with E-state index in [0.717, 1.165) is 13.0 Å². The van der Waals surface area contributed by atoms with Crippen molar-refractivity contribution < 1.29 is 4.74 Å². The molecule has 2 rings (SSSR count). The quantitative estimate of drug-likeness (QED) is 0.727. The molecule has 0 aliphatic rings. The van der Waals surface area contributed by atoms with E-state index in [-0.39, 0.29) is 6.10 Å². The lowest BCUT2D eigenvalue weighted by Crippen LogP contribution is -2.01. The molecule has 1 aromatic heterocycles. The number of hydrogen-bond acceptors (Lipinski definition) is 2. The van der Waals surface area contributed by atoms with Crippen LogP contribution in [0.4, 0.5) is 0 Å². The van der Waals surface area contributed by atoms with E-state index in [9.17, 15) is 0 Å². The van der Waals surface area contributed by atoms with Gasteiger partial charge in [-0.25, -0.2) is 0 Å². The number of benzene rings is 1. The summed E-state index contributed by atoms with van der Waals surface area (Å²) < 4.78 is 7.17. The van der Waals surface area contributed by atoms with Crippen LogP contribution in [0, 0.1) is 0 Å². The number of fused-ring (bicyclic) bond motifs is 1. The standard InChI is InChI=1S/C15H20OS/c1-4-8-14-15(11(3)16-5-2)12-9-6-7-10-13(12)17-14/h6-7,9-11H,4-5,8H2,1-3H3. The van der Waals surface area contributed by atoms with Crippen LogP contribution >= 0.6 is 11.3 Å². The molecule has 0 radical (unpaired) electrons. The van der Waals surface area contributed by atoms with Crippen molar-refractivity contribution in [2.75, 3.05) is 6.61 Å². The van der Waals surface area contributed by atoms with Crippen LogP contribution in [-0.4, -0.2) is 6.61 Å². The summed E-state index contributed by atoms with van der Waals surface area (Å²) in [5.74, 6) is 0. The topological polar surface area (TPSA) is 9.23 Å². The maximum atomic E-state index is 5.79. The molecule has 0 aliphatic carbocycles. The predicted octanol–water partition coefficient (Wildman–Crippen LogP) is 4.95. The van der Waals surface area contributed by atoms with Gasteiger partial charge in [0.1, 0.15) is 0 Å².